The van der Waals surface area contributed by atoms with Crippen molar-refractivity contribution in [1.29, 1.82) is 0 Å². The third-order valence-electron chi connectivity index (χ3n) is 6.32. The van der Waals surface area contributed by atoms with Crippen molar-refractivity contribution in [2.45, 2.75) is 25.3 Å². The van der Waals surface area contributed by atoms with Crippen molar-refractivity contribution >= 4 is 27.6 Å². The molecule has 2 N–H and O–H groups in total. The van der Waals surface area contributed by atoms with Gasteiger partial charge in [0.1, 0.15) is 0 Å². The Bertz CT molecular complexity index is 1160. The van der Waals surface area contributed by atoms with E-state index < -0.39 is 0 Å². The Labute approximate surface area is 176 Å². The predicted molar refractivity (Wildman–Crippen MR) is 123 cm³/mol. The van der Waals surface area contributed by atoms with E-state index in [1.165, 1.54) is 27.2 Å². The summed E-state index contributed by atoms with van der Waals surface area (Å²) in [7, 11) is 0. The van der Waals surface area contributed by atoms with Gasteiger partial charge in [0, 0.05) is 48.2 Å². The lowest BCUT2D eigenvalue weighted by Crippen LogP contribution is -2.45. The molecule has 0 spiro atoms. The minimum atomic E-state index is 0.0417. The highest BCUT2D eigenvalue weighted by atomic mass is 16.1. The maximum Gasteiger partial charge on any atom is 0.251 e. The summed E-state index contributed by atoms with van der Waals surface area (Å²) in [6, 6.07) is 22.8. The molecule has 30 heavy (non-hydrogen) atoms. The Morgan fingerprint density at radius 3 is 2.53 bits per heavy atom. The van der Waals surface area contributed by atoms with Crippen LogP contribution in [0, 0.1) is 0 Å². The van der Waals surface area contributed by atoms with Gasteiger partial charge in [-0.2, -0.15) is 0 Å². The Hall–Kier alpha value is -3.11. The second-order valence-electron chi connectivity index (χ2n) is 8.23. The summed E-state index contributed by atoms with van der Waals surface area (Å²) >= 11 is 0. The number of piperidine rings is 1. The quantitative estimate of drug-likeness (QED) is 0.510. The van der Waals surface area contributed by atoms with Crippen LogP contribution in [0.4, 0.5) is 0 Å². The minimum absolute atomic E-state index is 0.0417. The highest BCUT2D eigenvalue weighted by Crippen LogP contribution is 2.27. The number of nitrogens with one attached hydrogen (secondary N) is 2. The van der Waals surface area contributed by atoms with E-state index >= 15 is 0 Å². The molecule has 1 saturated heterocycles. The molecule has 1 amide bonds. The van der Waals surface area contributed by atoms with Gasteiger partial charge in [0.2, 0.25) is 0 Å². The van der Waals surface area contributed by atoms with Gasteiger partial charge in [0.05, 0.1) is 5.52 Å². The van der Waals surface area contributed by atoms with Gasteiger partial charge >= 0.3 is 0 Å². The van der Waals surface area contributed by atoms with Gasteiger partial charge in [-0.25, -0.2) is 0 Å². The molecule has 152 valence electrons. The standard InChI is InChI=1S/C26H27N3O/c30-26(20-7-2-1-3-8-20)28-22-13-16-29(17-14-22)15-12-21-18-27-25-23-9-5-4-6-19(23)10-11-24(21)25/h1-11,18,22,27H,12-17H2,(H,28,30). The Morgan fingerprint density at radius 2 is 1.70 bits per heavy atom. The van der Waals surface area contributed by atoms with Crippen LogP contribution in [0.25, 0.3) is 21.7 Å². The fourth-order valence-corrected chi connectivity index (χ4v) is 4.58. The van der Waals surface area contributed by atoms with E-state index in [0.717, 1.165) is 44.5 Å². The van der Waals surface area contributed by atoms with Gasteiger partial charge in [0.15, 0.2) is 0 Å². The number of amides is 1. The summed E-state index contributed by atoms with van der Waals surface area (Å²) in [5.74, 6) is 0.0417. The second kappa shape index (κ2) is 8.33. The van der Waals surface area contributed by atoms with E-state index in [9.17, 15) is 4.79 Å². The van der Waals surface area contributed by atoms with Crippen molar-refractivity contribution in [3.8, 4) is 0 Å². The summed E-state index contributed by atoms with van der Waals surface area (Å²) in [6.07, 6.45) is 5.23. The maximum absolute atomic E-state index is 12.4. The number of nitrogens with zero attached hydrogens (tertiary/aromatic N) is 1. The average Bonchev–Trinajstić information content (AvgIpc) is 3.23. The Balaban J connectivity index is 1.17. The summed E-state index contributed by atoms with van der Waals surface area (Å²) in [5, 5.41) is 7.09. The molecule has 0 atom stereocenters. The highest BCUT2D eigenvalue weighted by Gasteiger charge is 2.21. The number of aromatic nitrogens is 1. The molecule has 1 aromatic heterocycles. The van der Waals surface area contributed by atoms with Gasteiger partial charge in [-0.1, -0.05) is 54.6 Å². The zero-order chi connectivity index (χ0) is 20.3. The van der Waals surface area contributed by atoms with Gasteiger partial charge in [-0.3, -0.25) is 4.79 Å². The first-order valence-corrected chi connectivity index (χ1v) is 10.8. The minimum Gasteiger partial charge on any atom is -0.360 e. The van der Waals surface area contributed by atoms with Gasteiger partial charge < -0.3 is 15.2 Å². The van der Waals surface area contributed by atoms with Crippen molar-refractivity contribution in [3.63, 3.8) is 0 Å². The monoisotopic (exact) mass is 397 g/mol. The van der Waals surface area contributed by atoms with Crippen LogP contribution in [0.3, 0.4) is 0 Å². The number of aromatic amines is 1. The first-order valence-electron chi connectivity index (χ1n) is 10.8. The lowest BCUT2D eigenvalue weighted by molar-refractivity contribution is 0.0911. The summed E-state index contributed by atoms with van der Waals surface area (Å²) in [4.78, 5) is 18.4. The Morgan fingerprint density at radius 1 is 0.933 bits per heavy atom. The number of hydrogen-bond donors (Lipinski definition) is 2. The van der Waals surface area contributed by atoms with Crippen LogP contribution in [0.1, 0.15) is 28.8 Å². The molecule has 1 aliphatic heterocycles. The van der Waals surface area contributed by atoms with Crippen molar-refractivity contribution < 1.29 is 4.79 Å². The molecule has 4 aromatic rings. The number of H-pyrrole nitrogens is 1. The summed E-state index contributed by atoms with van der Waals surface area (Å²) < 4.78 is 0. The van der Waals surface area contributed by atoms with Crippen LogP contribution in [-0.2, 0) is 6.42 Å². The lowest BCUT2D eigenvalue weighted by atomic mass is 10.0. The van der Waals surface area contributed by atoms with E-state index in [-0.39, 0.29) is 11.9 Å². The molecule has 4 nitrogen and oxygen atoms in total. The molecule has 4 heteroatoms. The van der Waals surface area contributed by atoms with Crippen LogP contribution in [0.2, 0.25) is 0 Å². The first kappa shape index (κ1) is 18.9. The maximum atomic E-state index is 12.4. The molecule has 5 rings (SSSR count). The third kappa shape index (κ3) is 3.83. The van der Waals surface area contributed by atoms with Crippen LogP contribution >= 0.6 is 0 Å². The molecule has 2 heterocycles. The molecule has 0 aliphatic carbocycles. The number of carbonyl (C=O) groups excluding carboxylic acids is 1. The van der Waals surface area contributed by atoms with Crippen molar-refractivity contribution in [2.75, 3.05) is 19.6 Å². The van der Waals surface area contributed by atoms with E-state index in [4.69, 9.17) is 0 Å². The topological polar surface area (TPSA) is 48.1 Å². The zero-order valence-corrected chi connectivity index (χ0v) is 17.1. The fraction of sp³-hybridized carbons (Fsp3) is 0.269. The predicted octanol–water partition coefficient (Wildman–Crippen LogP) is 4.76. The Kier molecular flexibility index (Phi) is 5.24. The van der Waals surface area contributed by atoms with E-state index in [2.05, 4.69) is 57.8 Å². The summed E-state index contributed by atoms with van der Waals surface area (Å²) in [5.41, 5.74) is 3.37. The van der Waals surface area contributed by atoms with Crippen LogP contribution < -0.4 is 5.32 Å². The number of fused-ring (bicyclic) bond motifs is 3. The van der Waals surface area contributed by atoms with E-state index in [0.29, 0.717) is 0 Å². The largest absolute Gasteiger partial charge is 0.360 e. The van der Waals surface area contributed by atoms with Gasteiger partial charge in [-0.05, 0) is 42.3 Å². The molecule has 1 fully saturated rings. The first-order chi connectivity index (χ1) is 14.8. The molecular weight excluding hydrogens is 370 g/mol. The number of benzene rings is 3. The zero-order valence-electron chi connectivity index (χ0n) is 17.1. The SMILES string of the molecule is O=C(NC1CCN(CCc2c[nH]c3c2ccc2ccccc23)CC1)c1ccccc1. The van der Waals surface area contributed by atoms with Crippen molar-refractivity contribution in [1.82, 2.24) is 15.2 Å². The second-order valence-corrected chi connectivity index (χ2v) is 8.23. The highest BCUT2D eigenvalue weighted by molar-refractivity contribution is 6.06. The van der Waals surface area contributed by atoms with Crippen LogP contribution in [-0.4, -0.2) is 41.5 Å². The van der Waals surface area contributed by atoms with Gasteiger partial charge in [0.25, 0.3) is 5.91 Å². The van der Waals surface area contributed by atoms with Crippen LogP contribution in [0.15, 0.2) is 72.9 Å². The van der Waals surface area contributed by atoms with Crippen LogP contribution in [0.5, 0.6) is 0 Å². The molecule has 0 radical (unpaired) electrons. The molecule has 0 bridgehead atoms. The molecule has 3 aromatic carbocycles. The van der Waals surface area contributed by atoms with E-state index in [1.807, 2.05) is 30.3 Å². The fourth-order valence-electron chi connectivity index (χ4n) is 4.58. The number of likely N-dealkylation sites (tertiary alicyclic amines) is 1. The molecule has 0 saturated carbocycles. The van der Waals surface area contributed by atoms with Gasteiger partial charge in [-0.15, -0.1) is 0 Å². The average molecular weight is 398 g/mol. The number of rotatable bonds is 5. The van der Waals surface area contributed by atoms with E-state index in [1.54, 1.807) is 0 Å². The molecular formula is C26H27N3O. The van der Waals surface area contributed by atoms with Crippen molar-refractivity contribution in [3.05, 3.63) is 84.1 Å². The molecule has 0 unspecified atom stereocenters. The third-order valence-corrected chi connectivity index (χ3v) is 6.32. The van der Waals surface area contributed by atoms with Crippen molar-refractivity contribution in [2.24, 2.45) is 0 Å². The summed E-state index contributed by atoms with van der Waals surface area (Å²) in [6.45, 7) is 3.12. The lowest BCUT2D eigenvalue weighted by Gasteiger charge is -2.32. The smallest absolute Gasteiger partial charge is 0.251 e. The number of hydrogen-bond acceptors (Lipinski definition) is 2. The number of carbonyl (C=O) groups is 1. The normalized spacial score (nSPS) is 15.6. The molecule has 1 aliphatic rings.